The van der Waals surface area contributed by atoms with E-state index in [2.05, 4.69) is 17.9 Å². The lowest BCUT2D eigenvalue weighted by molar-refractivity contribution is 0.295. The van der Waals surface area contributed by atoms with Crippen molar-refractivity contribution in [3.63, 3.8) is 0 Å². The first kappa shape index (κ1) is 17.1. The van der Waals surface area contributed by atoms with Gasteiger partial charge in [-0.1, -0.05) is 38.1 Å². The molecular formula is C15H26N2O2S. The predicted molar refractivity (Wildman–Crippen MR) is 84.2 cm³/mol. The molecule has 114 valence electrons. The standard InChI is InChI=1S/C15H26N2O2S/c1-3-10-20(18,19)11-9-17(4-2)13-15-8-6-5-7-14(15)12-16/h5-8H,3-4,9-13,16H2,1-2H3. The van der Waals surface area contributed by atoms with Gasteiger partial charge < -0.3 is 5.73 Å². The Labute approximate surface area is 122 Å². The minimum Gasteiger partial charge on any atom is -0.326 e. The van der Waals surface area contributed by atoms with Crippen LogP contribution in [0.15, 0.2) is 24.3 Å². The van der Waals surface area contributed by atoms with Gasteiger partial charge in [0.2, 0.25) is 0 Å². The van der Waals surface area contributed by atoms with Gasteiger partial charge in [0.05, 0.1) is 5.75 Å². The SMILES string of the molecule is CCCS(=O)(=O)CCN(CC)Cc1ccccc1CN. The minimum atomic E-state index is -2.91. The van der Waals surface area contributed by atoms with E-state index < -0.39 is 9.84 Å². The molecule has 0 aliphatic carbocycles. The molecule has 0 atom stereocenters. The number of sulfone groups is 1. The van der Waals surface area contributed by atoms with Crippen molar-refractivity contribution in [2.45, 2.75) is 33.4 Å². The maximum atomic E-state index is 11.8. The average Bonchev–Trinajstić information content (AvgIpc) is 2.43. The molecule has 0 bridgehead atoms. The summed E-state index contributed by atoms with van der Waals surface area (Å²) in [7, 11) is -2.91. The van der Waals surface area contributed by atoms with Crippen LogP contribution >= 0.6 is 0 Å². The monoisotopic (exact) mass is 298 g/mol. The van der Waals surface area contributed by atoms with Gasteiger partial charge in [0.25, 0.3) is 0 Å². The fourth-order valence-corrected chi connectivity index (χ4v) is 3.54. The van der Waals surface area contributed by atoms with Gasteiger partial charge in [0, 0.05) is 25.4 Å². The van der Waals surface area contributed by atoms with Crippen LogP contribution in [0.4, 0.5) is 0 Å². The summed E-state index contributed by atoms with van der Waals surface area (Å²) in [4.78, 5) is 2.15. The molecule has 0 aliphatic heterocycles. The van der Waals surface area contributed by atoms with Gasteiger partial charge in [-0.25, -0.2) is 8.42 Å². The van der Waals surface area contributed by atoms with Gasteiger partial charge in [0.15, 0.2) is 9.84 Å². The molecule has 0 unspecified atom stereocenters. The first-order valence-corrected chi connectivity index (χ1v) is 9.04. The summed E-state index contributed by atoms with van der Waals surface area (Å²) >= 11 is 0. The zero-order valence-corrected chi connectivity index (χ0v) is 13.3. The van der Waals surface area contributed by atoms with Crippen LogP contribution in [0, 0.1) is 0 Å². The lowest BCUT2D eigenvalue weighted by Crippen LogP contribution is -2.30. The van der Waals surface area contributed by atoms with Crippen molar-refractivity contribution >= 4 is 9.84 Å². The third-order valence-electron chi connectivity index (χ3n) is 3.41. The number of hydrogen-bond donors (Lipinski definition) is 1. The third kappa shape index (κ3) is 5.61. The first-order valence-electron chi connectivity index (χ1n) is 7.22. The number of benzene rings is 1. The molecular weight excluding hydrogens is 272 g/mol. The van der Waals surface area contributed by atoms with E-state index >= 15 is 0 Å². The molecule has 2 N–H and O–H groups in total. The fourth-order valence-electron chi connectivity index (χ4n) is 2.18. The Morgan fingerprint density at radius 1 is 1.10 bits per heavy atom. The zero-order valence-electron chi connectivity index (χ0n) is 12.5. The van der Waals surface area contributed by atoms with E-state index in [0.29, 0.717) is 19.5 Å². The highest BCUT2D eigenvalue weighted by Gasteiger charge is 2.13. The van der Waals surface area contributed by atoms with Crippen LogP contribution in [-0.2, 0) is 22.9 Å². The first-order chi connectivity index (χ1) is 9.52. The van der Waals surface area contributed by atoms with E-state index in [-0.39, 0.29) is 11.5 Å². The summed E-state index contributed by atoms with van der Waals surface area (Å²) in [6.07, 6.45) is 0.685. The Morgan fingerprint density at radius 3 is 2.30 bits per heavy atom. The van der Waals surface area contributed by atoms with Gasteiger partial charge in [-0.3, -0.25) is 4.90 Å². The minimum absolute atomic E-state index is 0.236. The van der Waals surface area contributed by atoms with E-state index in [0.717, 1.165) is 18.7 Å². The van der Waals surface area contributed by atoms with Crippen LogP contribution in [0.25, 0.3) is 0 Å². The number of nitrogens with two attached hydrogens (primary N) is 1. The van der Waals surface area contributed by atoms with Gasteiger partial charge >= 0.3 is 0 Å². The third-order valence-corrected chi connectivity index (χ3v) is 5.25. The van der Waals surface area contributed by atoms with Crippen LogP contribution < -0.4 is 5.73 Å². The molecule has 0 spiro atoms. The van der Waals surface area contributed by atoms with E-state index in [4.69, 9.17) is 5.73 Å². The number of hydrogen-bond acceptors (Lipinski definition) is 4. The second-order valence-electron chi connectivity index (χ2n) is 4.99. The van der Waals surface area contributed by atoms with Crippen LogP contribution in [0.1, 0.15) is 31.4 Å². The molecule has 0 aliphatic rings. The van der Waals surface area contributed by atoms with Crippen molar-refractivity contribution in [2.75, 3.05) is 24.6 Å². The van der Waals surface area contributed by atoms with Crippen molar-refractivity contribution in [1.82, 2.24) is 4.90 Å². The van der Waals surface area contributed by atoms with Gasteiger partial charge in [-0.2, -0.15) is 0 Å². The highest BCUT2D eigenvalue weighted by molar-refractivity contribution is 7.91. The summed E-state index contributed by atoms with van der Waals surface area (Å²) in [5, 5.41) is 0. The van der Waals surface area contributed by atoms with Crippen molar-refractivity contribution in [3.8, 4) is 0 Å². The van der Waals surface area contributed by atoms with Crippen LogP contribution in [-0.4, -0.2) is 37.9 Å². The molecule has 1 rings (SSSR count). The van der Waals surface area contributed by atoms with Crippen molar-refractivity contribution in [2.24, 2.45) is 5.73 Å². The van der Waals surface area contributed by atoms with Crippen LogP contribution in [0.3, 0.4) is 0 Å². The molecule has 0 amide bonds. The Hall–Kier alpha value is -0.910. The van der Waals surface area contributed by atoms with Crippen molar-refractivity contribution < 1.29 is 8.42 Å². The van der Waals surface area contributed by atoms with E-state index in [1.165, 1.54) is 5.56 Å². The second-order valence-corrected chi connectivity index (χ2v) is 7.30. The van der Waals surface area contributed by atoms with Gasteiger partial charge in [0.1, 0.15) is 0 Å². The Bertz CT molecular complexity index is 500. The highest BCUT2D eigenvalue weighted by Crippen LogP contribution is 2.11. The van der Waals surface area contributed by atoms with Gasteiger partial charge in [-0.15, -0.1) is 0 Å². The largest absolute Gasteiger partial charge is 0.326 e. The Morgan fingerprint density at radius 2 is 1.75 bits per heavy atom. The smallest absolute Gasteiger partial charge is 0.151 e. The molecule has 20 heavy (non-hydrogen) atoms. The average molecular weight is 298 g/mol. The Kier molecular flexibility index (Phi) is 7.19. The summed E-state index contributed by atoms with van der Waals surface area (Å²) < 4.78 is 23.6. The van der Waals surface area contributed by atoms with E-state index in [1.807, 2.05) is 25.1 Å². The molecule has 0 aromatic heterocycles. The molecule has 0 fully saturated rings. The molecule has 5 heteroatoms. The molecule has 0 heterocycles. The highest BCUT2D eigenvalue weighted by atomic mass is 32.2. The number of nitrogens with zero attached hydrogens (tertiary/aromatic N) is 1. The molecule has 1 aromatic carbocycles. The molecule has 0 saturated heterocycles. The Balaban J connectivity index is 2.64. The molecule has 1 aromatic rings. The summed E-state index contributed by atoms with van der Waals surface area (Å²) in [6.45, 7) is 6.63. The molecule has 0 saturated carbocycles. The van der Waals surface area contributed by atoms with E-state index in [1.54, 1.807) is 0 Å². The lowest BCUT2D eigenvalue weighted by Gasteiger charge is -2.21. The maximum absolute atomic E-state index is 11.8. The normalized spacial score (nSPS) is 12.0. The lowest BCUT2D eigenvalue weighted by atomic mass is 10.1. The second kappa shape index (κ2) is 8.39. The van der Waals surface area contributed by atoms with Crippen molar-refractivity contribution in [3.05, 3.63) is 35.4 Å². The summed E-state index contributed by atoms with van der Waals surface area (Å²) in [5.74, 6) is 0.517. The van der Waals surface area contributed by atoms with Crippen LogP contribution in [0.5, 0.6) is 0 Å². The van der Waals surface area contributed by atoms with E-state index in [9.17, 15) is 8.42 Å². The van der Waals surface area contributed by atoms with Crippen LogP contribution in [0.2, 0.25) is 0 Å². The molecule has 0 radical (unpaired) electrons. The summed E-state index contributed by atoms with van der Waals surface area (Å²) in [5.41, 5.74) is 8.05. The zero-order chi connectivity index (χ0) is 15.0. The number of rotatable bonds is 9. The quantitative estimate of drug-likeness (QED) is 0.755. The molecule has 4 nitrogen and oxygen atoms in total. The van der Waals surface area contributed by atoms with Crippen molar-refractivity contribution in [1.29, 1.82) is 0 Å². The maximum Gasteiger partial charge on any atom is 0.151 e. The van der Waals surface area contributed by atoms with Gasteiger partial charge in [-0.05, 0) is 24.1 Å². The topological polar surface area (TPSA) is 63.4 Å². The predicted octanol–water partition coefficient (Wildman–Crippen LogP) is 1.79. The summed E-state index contributed by atoms with van der Waals surface area (Å²) in [6, 6.07) is 8.06. The fraction of sp³-hybridized carbons (Fsp3) is 0.600.